The average molecular weight is 429 g/mol. The summed E-state index contributed by atoms with van der Waals surface area (Å²) in [6.45, 7) is 3.24. The Morgan fingerprint density at radius 3 is 2.97 bits per heavy atom. The van der Waals surface area contributed by atoms with Crippen molar-refractivity contribution < 1.29 is 19.0 Å². The van der Waals surface area contributed by atoms with E-state index in [1.807, 2.05) is 19.1 Å². The minimum Gasteiger partial charge on any atom is -0.489 e. The number of hydrogen-bond acceptors (Lipinski definition) is 6. The van der Waals surface area contributed by atoms with Crippen LogP contribution in [0.4, 0.5) is 0 Å². The van der Waals surface area contributed by atoms with E-state index >= 15 is 0 Å². The molecule has 7 nitrogen and oxygen atoms in total. The van der Waals surface area contributed by atoms with E-state index in [0.717, 1.165) is 12.0 Å². The summed E-state index contributed by atoms with van der Waals surface area (Å²) in [5.41, 5.74) is 2.14. The largest absolute Gasteiger partial charge is 0.489 e. The second kappa shape index (κ2) is 8.75. The van der Waals surface area contributed by atoms with Gasteiger partial charge in [-0.2, -0.15) is 0 Å². The van der Waals surface area contributed by atoms with E-state index in [9.17, 15) is 9.59 Å². The van der Waals surface area contributed by atoms with Gasteiger partial charge >= 0.3 is 5.97 Å². The van der Waals surface area contributed by atoms with Crippen molar-refractivity contribution in [3.8, 4) is 11.5 Å². The summed E-state index contributed by atoms with van der Waals surface area (Å²) in [7, 11) is 0. The molecule has 1 aliphatic heterocycles. The number of fused-ring (bicyclic) bond motifs is 2. The third-order valence-corrected chi connectivity index (χ3v) is 5.15. The van der Waals surface area contributed by atoms with Crippen molar-refractivity contribution in [2.75, 3.05) is 13.2 Å². The van der Waals surface area contributed by atoms with E-state index in [2.05, 4.69) is 4.98 Å². The van der Waals surface area contributed by atoms with Gasteiger partial charge in [0.1, 0.15) is 6.61 Å². The fraction of sp³-hybridized carbons (Fsp3) is 0.318. The summed E-state index contributed by atoms with van der Waals surface area (Å²) in [5, 5.41) is 0.956. The number of para-hydroxylation sites is 1. The van der Waals surface area contributed by atoms with Crippen LogP contribution in [0, 0.1) is 6.92 Å². The molecule has 1 aromatic heterocycles. The molecule has 2 heterocycles. The predicted molar refractivity (Wildman–Crippen MR) is 112 cm³/mol. The Morgan fingerprint density at radius 1 is 1.27 bits per heavy atom. The van der Waals surface area contributed by atoms with Crippen molar-refractivity contribution in [1.82, 2.24) is 9.55 Å². The van der Waals surface area contributed by atoms with Gasteiger partial charge in [0, 0.05) is 13.0 Å². The fourth-order valence-electron chi connectivity index (χ4n) is 3.31. The zero-order chi connectivity index (χ0) is 21.1. The minimum absolute atomic E-state index is 0.0528. The Balaban J connectivity index is 1.39. The van der Waals surface area contributed by atoms with Crippen LogP contribution in [0.25, 0.3) is 10.9 Å². The van der Waals surface area contributed by atoms with Crippen LogP contribution in [0.3, 0.4) is 0 Å². The lowest BCUT2D eigenvalue weighted by Crippen LogP contribution is -2.22. The summed E-state index contributed by atoms with van der Waals surface area (Å²) in [4.78, 5) is 29.1. The van der Waals surface area contributed by atoms with E-state index in [0.29, 0.717) is 46.2 Å². The minimum atomic E-state index is -0.422. The topological polar surface area (TPSA) is 79.7 Å². The molecule has 8 heteroatoms. The number of halogens is 1. The molecule has 0 unspecified atom stereocenters. The molecule has 0 saturated carbocycles. The van der Waals surface area contributed by atoms with Gasteiger partial charge in [0.15, 0.2) is 11.5 Å². The summed E-state index contributed by atoms with van der Waals surface area (Å²) < 4.78 is 18.0. The van der Waals surface area contributed by atoms with Crippen LogP contribution >= 0.6 is 11.6 Å². The molecule has 0 amide bonds. The molecular formula is C22H21ClN2O5. The zero-order valence-electron chi connectivity index (χ0n) is 16.5. The molecule has 0 atom stereocenters. The molecule has 1 aliphatic rings. The molecule has 0 bridgehead atoms. The fourth-order valence-corrected chi connectivity index (χ4v) is 3.60. The van der Waals surface area contributed by atoms with Crippen LogP contribution in [-0.2, 0) is 22.7 Å². The Kier molecular flexibility index (Phi) is 5.90. The molecule has 156 valence electrons. The standard InChI is InChI=1S/C22H21ClN2O5/c1-14-4-2-5-16-20(14)24-13-25(22(16)27)7-6-19(26)30-12-15-10-17(23)21-18(11-15)28-8-3-9-29-21/h2,4-5,10-11,13H,3,6-9,12H2,1H3. The number of aromatic nitrogens is 2. The van der Waals surface area contributed by atoms with Gasteiger partial charge in [-0.15, -0.1) is 0 Å². The Labute approximate surface area is 178 Å². The lowest BCUT2D eigenvalue weighted by Gasteiger charge is -2.12. The van der Waals surface area contributed by atoms with Crippen molar-refractivity contribution in [2.24, 2.45) is 0 Å². The van der Waals surface area contributed by atoms with E-state index in [1.54, 1.807) is 18.2 Å². The first-order valence-corrected chi connectivity index (χ1v) is 10.1. The maximum Gasteiger partial charge on any atom is 0.307 e. The summed E-state index contributed by atoms with van der Waals surface area (Å²) in [6, 6.07) is 8.92. The molecular weight excluding hydrogens is 408 g/mol. The average Bonchev–Trinajstić information content (AvgIpc) is 2.98. The molecule has 3 aromatic rings. The van der Waals surface area contributed by atoms with Crippen LogP contribution in [0.1, 0.15) is 24.0 Å². The van der Waals surface area contributed by atoms with Crippen LogP contribution < -0.4 is 15.0 Å². The number of carbonyl (C=O) groups is 1. The van der Waals surface area contributed by atoms with Crippen LogP contribution in [0.5, 0.6) is 11.5 Å². The highest BCUT2D eigenvalue weighted by molar-refractivity contribution is 6.32. The van der Waals surface area contributed by atoms with Crippen LogP contribution in [0.15, 0.2) is 41.5 Å². The highest BCUT2D eigenvalue weighted by atomic mass is 35.5. The quantitative estimate of drug-likeness (QED) is 0.577. The maximum atomic E-state index is 12.6. The molecule has 4 rings (SSSR count). The van der Waals surface area contributed by atoms with E-state index in [4.69, 9.17) is 25.8 Å². The number of rotatable bonds is 5. The van der Waals surface area contributed by atoms with Crippen molar-refractivity contribution in [3.63, 3.8) is 0 Å². The molecule has 0 aliphatic carbocycles. The normalized spacial score (nSPS) is 13.1. The smallest absolute Gasteiger partial charge is 0.307 e. The molecule has 0 radical (unpaired) electrons. The third-order valence-electron chi connectivity index (χ3n) is 4.87. The molecule has 2 aromatic carbocycles. The Bertz CT molecular complexity index is 1160. The maximum absolute atomic E-state index is 12.6. The SMILES string of the molecule is Cc1cccc2c(=O)n(CCC(=O)OCc3cc(Cl)c4c(c3)OCCCO4)cnc12. The monoisotopic (exact) mass is 428 g/mol. The molecule has 0 fully saturated rings. The Morgan fingerprint density at radius 2 is 2.10 bits per heavy atom. The number of benzene rings is 2. The van der Waals surface area contributed by atoms with Crippen molar-refractivity contribution in [1.29, 1.82) is 0 Å². The lowest BCUT2D eigenvalue weighted by molar-refractivity contribution is -0.145. The second-order valence-corrected chi connectivity index (χ2v) is 7.49. The second-order valence-electron chi connectivity index (χ2n) is 7.08. The predicted octanol–water partition coefficient (Wildman–Crippen LogP) is 3.65. The molecule has 0 spiro atoms. The van der Waals surface area contributed by atoms with Gasteiger partial charge in [-0.3, -0.25) is 14.2 Å². The number of ether oxygens (including phenoxy) is 3. The lowest BCUT2D eigenvalue weighted by atomic mass is 10.1. The van der Waals surface area contributed by atoms with Gasteiger partial charge < -0.3 is 14.2 Å². The first-order chi connectivity index (χ1) is 14.5. The van der Waals surface area contributed by atoms with Gasteiger partial charge in [-0.1, -0.05) is 23.7 Å². The Hall–Kier alpha value is -3.06. The van der Waals surface area contributed by atoms with E-state index in [1.165, 1.54) is 10.9 Å². The third kappa shape index (κ3) is 4.26. The van der Waals surface area contributed by atoms with Crippen molar-refractivity contribution in [2.45, 2.75) is 32.9 Å². The first-order valence-electron chi connectivity index (χ1n) is 9.71. The summed E-state index contributed by atoms with van der Waals surface area (Å²) >= 11 is 6.26. The van der Waals surface area contributed by atoms with Gasteiger partial charge in [0.25, 0.3) is 5.56 Å². The number of nitrogens with zero attached hydrogens (tertiary/aromatic N) is 2. The van der Waals surface area contributed by atoms with Crippen molar-refractivity contribution >= 4 is 28.5 Å². The van der Waals surface area contributed by atoms with Gasteiger partial charge in [-0.05, 0) is 36.2 Å². The number of aryl methyl sites for hydroxylation is 2. The number of carbonyl (C=O) groups excluding carboxylic acids is 1. The van der Waals surface area contributed by atoms with Crippen molar-refractivity contribution in [3.05, 3.63) is 63.2 Å². The molecule has 0 saturated heterocycles. The summed E-state index contributed by atoms with van der Waals surface area (Å²) in [6.07, 6.45) is 2.30. The molecule has 30 heavy (non-hydrogen) atoms. The van der Waals surface area contributed by atoms with Gasteiger partial charge in [-0.25, -0.2) is 4.98 Å². The van der Waals surface area contributed by atoms with Gasteiger partial charge in [0.05, 0.1) is 41.9 Å². The van der Waals surface area contributed by atoms with Crippen LogP contribution in [0.2, 0.25) is 5.02 Å². The number of esters is 1. The highest BCUT2D eigenvalue weighted by Gasteiger charge is 2.16. The van der Waals surface area contributed by atoms with E-state index < -0.39 is 5.97 Å². The van der Waals surface area contributed by atoms with Crippen LogP contribution in [-0.4, -0.2) is 28.7 Å². The number of hydrogen-bond donors (Lipinski definition) is 0. The van der Waals surface area contributed by atoms with Gasteiger partial charge in [0.2, 0.25) is 0 Å². The summed E-state index contributed by atoms with van der Waals surface area (Å²) in [5.74, 6) is 0.646. The van der Waals surface area contributed by atoms with E-state index in [-0.39, 0.29) is 25.1 Å². The first kappa shape index (κ1) is 20.2. The zero-order valence-corrected chi connectivity index (χ0v) is 17.3. The molecule has 0 N–H and O–H groups in total. The highest BCUT2D eigenvalue weighted by Crippen LogP contribution is 2.38.